The smallest absolute Gasteiger partial charge is 0.144 e. The summed E-state index contributed by atoms with van der Waals surface area (Å²) in [6, 6.07) is 4.08. The molecule has 2 saturated heterocycles. The zero-order valence-electron chi connectivity index (χ0n) is 8.11. The molecule has 0 saturated carbocycles. The molecule has 2 aliphatic heterocycles. The Morgan fingerprint density at radius 2 is 1.29 bits per heavy atom. The van der Waals surface area contributed by atoms with Crippen LogP contribution in [-0.2, 0) is 9.47 Å². The second-order valence-electron chi connectivity index (χ2n) is 3.26. The van der Waals surface area contributed by atoms with Crippen LogP contribution in [0.2, 0.25) is 0 Å². The van der Waals surface area contributed by atoms with E-state index in [0.29, 0.717) is 0 Å². The van der Waals surface area contributed by atoms with Crippen molar-refractivity contribution in [2.75, 3.05) is 13.2 Å². The molecule has 0 N–H and O–H groups in total. The van der Waals surface area contributed by atoms with E-state index in [4.69, 9.17) is 20.0 Å². The second kappa shape index (κ2) is 6.37. The lowest BCUT2D eigenvalue weighted by Gasteiger charge is -1.91. The van der Waals surface area contributed by atoms with Crippen molar-refractivity contribution in [2.45, 2.75) is 37.9 Å². The summed E-state index contributed by atoms with van der Waals surface area (Å²) in [5.74, 6) is 0. The molecular formula is C10H14N2O2. The standard InChI is InChI=1S/2C5H7NO/c2*6-4-5-2-1-3-7-5/h2*5H,1-3H2/t2*5-/m10/s1. The van der Waals surface area contributed by atoms with Gasteiger partial charge in [-0.1, -0.05) is 0 Å². The highest BCUT2D eigenvalue weighted by Crippen LogP contribution is 2.09. The van der Waals surface area contributed by atoms with E-state index in [1.54, 1.807) is 0 Å². The number of hydrogen-bond donors (Lipinski definition) is 0. The van der Waals surface area contributed by atoms with Crippen LogP contribution < -0.4 is 0 Å². The maximum Gasteiger partial charge on any atom is 0.144 e. The van der Waals surface area contributed by atoms with Gasteiger partial charge in [0.25, 0.3) is 0 Å². The van der Waals surface area contributed by atoms with E-state index in [2.05, 4.69) is 0 Å². The van der Waals surface area contributed by atoms with Crippen LogP contribution in [0.4, 0.5) is 0 Å². The zero-order chi connectivity index (χ0) is 10.2. The molecule has 0 unspecified atom stereocenters. The quantitative estimate of drug-likeness (QED) is 0.584. The minimum Gasteiger partial charge on any atom is -0.363 e. The molecule has 4 nitrogen and oxygen atoms in total. The Balaban J connectivity index is 0.000000140. The molecule has 4 heteroatoms. The van der Waals surface area contributed by atoms with Crippen LogP contribution in [0, 0.1) is 22.7 Å². The van der Waals surface area contributed by atoms with Gasteiger partial charge >= 0.3 is 0 Å². The minimum absolute atomic E-state index is 0.0972. The summed E-state index contributed by atoms with van der Waals surface area (Å²) in [6.07, 6.45) is 3.77. The third kappa shape index (κ3) is 3.74. The van der Waals surface area contributed by atoms with Crippen LogP contribution >= 0.6 is 0 Å². The fourth-order valence-electron chi connectivity index (χ4n) is 1.36. The van der Waals surface area contributed by atoms with Crippen LogP contribution in [0.5, 0.6) is 0 Å². The van der Waals surface area contributed by atoms with E-state index in [1.165, 1.54) is 0 Å². The summed E-state index contributed by atoms with van der Waals surface area (Å²) in [5, 5.41) is 16.4. The number of nitrogens with zero attached hydrogens (tertiary/aromatic N) is 2. The summed E-state index contributed by atoms with van der Waals surface area (Å²) in [5.41, 5.74) is 0. The SMILES string of the molecule is N#C[C@@H]1CCCO1.N#C[C@H]1CCCO1. The highest BCUT2D eigenvalue weighted by Gasteiger charge is 2.13. The van der Waals surface area contributed by atoms with Gasteiger partial charge in [-0.2, -0.15) is 10.5 Å². The Morgan fingerprint density at radius 3 is 1.43 bits per heavy atom. The van der Waals surface area contributed by atoms with Gasteiger partial charge < -0.3 is 9.47 Å². The third-order valence-corrected chi connectivity index (χ3v) is 2.15. The van der Waals surface area contributed by atoms with Gasteiger partial charge in [-0.15, -0.1) is 0 Å². The van der Waals surface area contributed by atoms with Crippen molar-refractivity contribution in [2.24, 2.45) is 0 Å². The molecule has 0 aromatic heterocycles. The van der Waals surface area contributed by atoms with Gasteiger partial charge in [0.2, 0.25) is 0 Å². The van der Waals surface area contributed by atoms with E-state index in [1.807, 2.05) is 12.1 Å². The predicted octanol–water partition coefficient (Wildman–Crippen LogP) is 1.38. The van der Waals surface area contributed by atoms with Crippen molar-refractivity contribution in [1.82, 2.24) is 0 Å². The maximum atomic E-state index is 8.19. The Hall–Kier alpha value is -1.10. The number of hydrogen-bond acceptors (Lipinski definition) is 4. The molecule has 0 radical (unpaired) electrons. The molecule has 0 aromatic rings. The normalized spacial score (nSPS) is 29.9. The van der Waals surface area contributed by atoms with Gasteiger partial charge in [0.15, 0.2) is 0 Å². The van der Waals surface area contributed by atoms with Crippen molar-refractivity contribution in [3.63, 3.8) is 0 Å². The average molecular weight is 194 g/mol. The van der Waals surface area contributed by atoms with Crippen molar-refractivity contribution in [1.29, 1.82) is 10.5 Å². The van der Waals surface area contributed by atoms with Crippen molar-refractivity contribution >= 4 is 0 Å². The van der Waals surface area contributed by atoms with Crippen molar-refractivity contribution in [3.05, 3.63) is 0 Å². The molecule has 2 rings (SSSR count). The summed E-state index contributed by atoms with van der Waals surface area (Å²) < 4.78 is 9.88. The molecule has 0 spiro atoms. The second-order valence-corrected chi connectivity index (χ2v) is 3.26. The Bertz CT molecular complexity index is 203. The Labute approximate surface area is 84.0 Å². The predicted molar refractivity (Wildman–Crippen MR) is 49.2 cm³/mol. The topological polar surface area (TPSA) is 66.0 Å². The number of nitriles is 2. The third-order valence-electron chi connectivity index (χ3n) is 2.15. The van der Waals surface area contributed by atoms with Crippen LogP contribution in [-0.4, -0.2) is 25.4 Å². The fourth-order valence-corrected chi connectivity index (χ4v) is 1.36. The zero-order valence-corrected chi connectivity index (χ0v) is 8.11. The number of rotatable bonds is 0. The molecule has 76 valence electrons. The molecule has 2 heterocycles. The Kier molecular flexibility index (Phi) is 4.99. The van der Waals surface area contributed by atoms with Crippen LogP contribution in [0.1, 0.15) is 25.7 Å². The van der Waals surface area contributed by atoms with Crippen molar-refractivity contribution in [3.8, 4) is 12.1 Å². The first kappa shape index (κ1) is 11.0. The van der Waals surface area contributed by atoms with E-state index < -0.39 is 0 Å². The van der Waals surface area contributed by atoms with Gasteiger partial charge in [0, 0.05) is 13.2 Å². The van der Waals surface area contributed by atoms with E-state index in [0.717, 1.165) is 38.9 Å². The number of ether oxygens (including phenoxy) is 2. The molecule has 2 fully saturated rings. The summed E-state index contributed by atoms with van der Waals surface area (Å²) in [7, 11) is 0. The monoisotopic (exact) mass is 194 g/mol. The first-order valence-corrected chi connectivity index (χ1v) is 4.89. The fraction of sp³-hybridized carbons (Fsp3) is 0.800. The first-order valence-electron chi connectivity index (χ1n) is 4.89. The van der Waals surface area contributed by atoms with E-state index in [-0.39, 0.29) is 12.2 Å². The largest absolute Gasteiger partial charge is 0.363 e. The van der Waals surface area contributed by atoms with Gasteiger partial charge in [0.1, 0.15) is 12.2 Å². The molecular weight excluding hydrogens is 180 g/mol. The van der Waals surface area contributed by atoms with Crippen molar-refractivity contribution < 1.29 is 9.47 Å². The summed E-state index contributed by atoms with van der Waals surface area (Å²) in [4.78, 5) is 0. The summed E-state index contributed by atoms with van der Waals surface area (Å²) >= 11 is 0. The van der Waals surface area contributed by atoms with Gasteiger partial charge in [-0.3, -0.25) is 0 Å². The highest BCUT2D eigenvalue weighted by molar-refractivity contribution is 4.86. The molecule has 0 aromatic carbocycles. The van der Waals surface area contributed by atoms with Gasteiger partial charge in [-0.25, -0.2) is 0 Å². The Morgan fingerprint density at radius 1 is 0.857 bits per heavy atom. The molecule has 14 heavy (non-hydrogen) atoms. The van der Waals surface area contributed by atoms with Gasteiger partial charge in [-0.05, 0) is 25.7 Å². The lowest BCUT2D eigenvalue weighted by molar-refractivity contribution is 0.150. The van der Waals surface area contributed by atoms with Crippen LogP contribution in [0.25, 0.3) is 0 Å². The molecule has 2 aliphatic rings. The minimum atomic E-state index is -0.0972. The lowest BCUT2D eigenvalue weighted by Crippen LogP contribution is -1.98. The van der Waals surface area contributed by atoms with Gasteiger partial charge in [0.05, 0.1) is 12.1 Å². The van der Waals surface area contributed by atoms with Crippen LogP contribution in [0.15, 0.2) is 0 Å². The first-order chi connectivity index (χ1) is 6.86. The van der Waals surface area contributed by atoms with E-state index in [9.17, 15) is 0 Å². The van der Waals surface area contributed by atoms with E-state index >= 15 is 0 Å². The average Bonchev–Trinajstić information content (AvgIpc) is 2.92. The highest BCUT2D eigenvalue weighted by atomic mass is 16.5. The molecule has 0 aliphatic carbocycles. The maximum absolute atomic E-state index is 8.19. The lowest BCUT2D eigenvalue weighted by atomic mass is 10.3. The van der Waals surface area contributed by atoms with Crippen LogP contribution in [0.3, 0.4) is 0 Å². The molecule has 0 bridgehead atoms. The summed E-state index contributed by atoms with van der Waals surface area (Å²) in [6.45, 7) is 1.55. The molecule has 2 atom stereocenters. The molecule has 0 amide bonds.